The predicted octanol–water partition coefficient (Wildman–Crippen LogP) is 5.58. The van der Waals surface area contributed by atoms with Gasteiger partial charge in [-0.25, -0.2) is 4.79 Å². The molecule has 35 heavy (non-hydrogen) atoms. The molecule has 0 saturated carbocycles. The van der Waals surface area contributed by atoms with Crippen LogP contribution in [0.5, 0.6) is 0 Å². The Morgan fingerprint density at radius 2 is 1.54 bits per heavy atom. The molecule has 7 heteroatoms. The largest absolute Gasteiger partial charge is 0.444 e. The van der Waals surface area contributed by atoms with Gasteiger partial charge < -0.3 is 20.3 Å². The molecule has 0 saturated heterocycles. The maximum Gasteiger partial charge on any atom is 0.408 e. The number of benzene rings is 1. The van der Waals surface area contributed by atoms with Gasteiger partial charge in [0.15, 0.2) is 0 Å². The van der Waals surface area contributed by atoms with Crippen molar-refractivity contribution >= 4 is 17.9 Å². The zero-order valence-corrected chi connectivity index (χ0v) is 23.1. The molecule has 1 aromatic carbocycles. The minimum Gasteiger partial charge on any atom is -0.444 e. The third-order valence-corrected chi connectivity index (χ3v) is 5.66. The Labute approximate surface area is 212 Å². The van der Waals surface area contributed by atoms with Gasteiger partial charge in [-0.3, -0.25) is 9.59 Å². The molecule has 2 N–H and O–H groups in total. The van der Waals surface area contributed by atoms with E-state index >= 15 is 0 Å². The van der Waals surface area contributed by atoms with E-state index in [1.165, 1.54) is 19.3 Å². The molecule has 0 bridgehead atoms. The molecule has 1 atom stereocenters. The molecule has 1 unspecified atom stereocenters. The fraction of sp³-hybridized carbons (Fsp3) is 0.679. The van der Waals surface area contributed by atoms with E-state index in [1.54, 1.807) is 25.7 Å². The van der Waals surface area contributed by atoms with Crippen LogP contribution in [0.25, 0.3) is 0 Å². The molecule has 198 valence electrons. The van der Waals surface area contributed by atoms with Crippen molar-refractivity contribution < 1.29 is 19.1 Å². The summed E-state index contributed by atoms with van der Waals surface area (Å²) in [5.41, 5.74) is 2.08. The van der Waals surface area contributed by atoms with Crippen LogP contribution in [0.2, 0.25) is 0 Å². The van der Waals surface area contributed by atoms with Crippen LogP contribution in [-0.2, 0) is 14.3 Å². The maximum atomic E-state index is 13.5. The van der Waals surface area contributed by atoms with Gasteiger partial charge in [0, 0.05) is 12.6 Å². The first-order chi connectivity index (χ1) is 16.4. The van der Waals surface area contributed by atoms with E-state index in [2.05, 4.69) is 17.6 Å². The Kier molecular flexibility index (Phi) is 12.8. The first-order valence-electron chi connectivity index (χ1n) is 13.0. The lowest BCUT2D eigenvalue weighted by atomic mass is 9.93. The lowest BCUT2D eigenvalue weighted by Gasteiger charge is -2.34. The second-order valence-electron chi connectivity index (χ2n) is 10.6. The van der Waals surface area contributed by atoms with Gasteiger partial charge in [-0.05, 0) is 71.6 Å². The van der Waals surface area contributed by atoms with Crippen LogP contribution in [0.1, 0.15) is 103 Å². The minimum atomic E-state index is -0.776. The normalized spacial score (nSPS) is 12.3. The molecule has 0 aromatic heterocycles. The molecular weight excluding hydrogens is 442 g/mol. The summed E-state index contributed by atoms with van der Waals surface area (Å²) in [7, 11) is 0. The second kappa shape index (κ2) is 14.7. The van der Waals surface area contributed by atoms with Crippen LogP contribution in [0.4, 0.5) is 4.79 Å². The second-order valence-corrected chi connectivity index (χ2v) is 10.6. The summed E-state index contributed by atoms with van der Waals surface area (Å²) in [4.78, 5) is 40.8. The highest BCUT2D eigenvalue weighted by Gasteiger charge is 2.33. The number of nitrogens with zero attached hydrogens (tertiary/aromatic N) is 1. The molecule has 0 aliphatic carbocycles. The number of hydrogen-bond acceptors (Lipinski definition) is 4. The fourth-order valence-electron chi connectivity index (χ4n) is 4.07. The van der Waals surface area contributed by atoms with Gasteiger partial charge in [-0.2, -0.15) is 0 Å². The summed E-state index contributed by atoms with van der Waals surface area (Å²) in [6.45, 7) is 15.4. The van der Waals surface area contributed by atoms with Gasteiger partial charge in [-0.15, -0.1) is 0 Å². The van der Waals surface area contributed by atoms with Gasteiger partial charge in [-0.1, -0.05) is 57.2 Å². The zero-order chi connectivity index (χ0) is 26.6. The third kappa shape index (κ3) is 11.1. The molecule has 0 aliphatic rings. The van der Waals surface area contributed by atoms with Gasteiger partial charge in [0.1, 0.15) is 18.2 Å². The number of alkyl carbamates (subject to hydrolysis) is 1. The molecule has 0 heterocycles. The third-order valence-electron chi connectivity index (χ3n) is 5.66. The average molecular weight is 490 g/mol. The Morgan fingerprint density at radius 3 is 2.09 bits per heavy atom. The number of unbranched alkanes of at least 4 members (excludes halogenated alkanes) is 5. The van der Waals surface area contributed by atoms with Crippen molar-refractivity contribution in [2.75, 3.05) is 13.1 Å². The summed E-state index contributed by atoms with van der Waals surface area (Å²) in [5.74, 6) is -0.523. The highest BCUT2D eigenvalue weighted by atomic mass is 16.6. The van der Waals surface area contributed by atoms with Crippen LogP contribution < -0.4 is 10.6 Å². The number of carbonyl (C=O) groups is 3. The van der Waals surface area contributed by atoms with E-state index in [9.17, 15) is 14.4 Å². The molecule has 0 aliphatic heterocycles. The van der Waals surface area contributed by atoms with Crippen molar-refractivity contribution in [3.63, 3.8) is 0 Å². The topological polar surface area (TPSA) is 87.7 Å². The highest BCUT2D eigenvalue weighted by molar-refractivity contribution is 5.91. The summed E-state index contributed by atoms with van der Waals surface area (Å²) < 4.78 is 5.29. The summed E-state index contributed by atoms with van der Waals surface area (Å²) in [6.07, 6.45) is 5.75. The number of rotatable bonds is 13. The fourth-order valence-corrected chi connectivity index (χ4v) is 4.07. The first-order valence-corrected chi connectivity index (χ1v) is 13.0. The molecule has 3 amide bonds. The number of hydrogen-bond donors (Lipinski definition) is 2. The van der Waals surface area contributed by atoms with Crippen LogP contribution in [0, 0.1) is 13.8 Å². The highest BCUT2D eigenvalue weighted by Crippen LogP contribution is 2.28. The Hall–Kier alpha value is -2.57. The van der Waals surface area contributed by atoms with Crippen molar-refractivity contribution in [3.8, 4) is 0 Å². The van der Waals surface area contributed by atoms with Gasteiger partial charge >= 0.3 is 6.09 Å². The Morgan fingerprint density at radius 1 is 0.971 bits per heavy atom. The van der Waals surface area contributed by atoms with E-state index < -0.39 is 17.7 Å². The molecule has 0 radical (unpaired) electrons. The van der Waals surface area contributed by atoms with E-state index in [-0.39, 0.29) is 24.4 Å². The zero-order valence-electron chi connectivity index (χ0n) is 23.1. The van der Waals surface area contributed by atoms with E-state index in [1.807, 2.05) is 45.9 Å². The number of ether oxygens (including phenoxy) is 1. The van der Waals surface area contributed by atoms with E-state index in [0.717, 1.165) is 36.0 Å². The molecule has 0 fully saturated rings. The summed E-state index contributed by atoms with van der Waals surface area (Å²) >= 11 is 0. The summed E-state index contributed by atoms with van der Waals surface area (Å²) in [6, 6.07) is 5.03. The van der Waals surface area contributed by atoms with Crippen LogP contribution in [-0.4, -0.2) is 47.5 Å². The molecule has 0 spiro atoms. The monoisotopic (exact) mass is 489 g/mol. The number of nitrogens with one attached hydrogen (secondary N) is 2. The van der Waals surface area contributed by atoms with Crippen molar-refractivity contribution in [1.29, 1.82) is 0 Å². The molecular formula is C28H47N3O4. The first kappa shape index (κ1) is 30.5. The molecule has 1 rings (SSSR count). The van der Waals surface area contributed by atoms with Crippen molar-refractivity contribution in [1.82, 2.24) is 15.5 Å². The SMILES string of the molecule is CCCCCCCCN(C(=O)CNC(=O)OC(C)(C)C)C(C(=O)NC(C)C)c1c(C)cccc1C. The number of carbonyl (C=O) groups excluding carboxylic acids is 3. The van der Waals surface area contributed by atoms with Crippen LogP contribution in [0.3, 0.4) is 0 Å². The van der Waals surface area contributed by atoms with Gasteiger partial charge in [0.05, 0.1) is 0 Å². The van der Waals surface area contributed by atoms with E-state index in [0.29, 0.717) is 6.54 Å². The number of amides is 3. The lowest BCUT2D eigenvalue weighted by molar-refractivity contribution is -0.140. The Bertz CT molecular complexity index is 810. The quantitative estimate of drug-likeness (QED) is 0.354. The minimum absolute atomic E-state index is 0.0693. The van der Waals surface area contributed by atoms with E-state index in [4.69, 9.17) is 4.74 Å². The van der Waals surface area contributed by atoms with Crippen LogP contribution >= 0.6 is 0 Å². The smallest absolute Gasteiger partial charge is 0.408 e. The number of aryl methyl sites for hydroxylation is 2. The van der Waals surface area contributed by atoms with Crippen molar-refractivity contribution in [2.45, 2.75) is 112 Å². The standard InChI is InChI=1S/C28H47N3O4/c1-9-10-11-12-13-14-18-31(23(32)19-29-27(34)35-28(6,7)8)25(26(33)30-20(2)3)24-21(4)16-15-17-22(24)5/h15-17,20,25H,9-14,18-19H2,1-8H3,(H,29,34)(H,30,33). The predicted molar refractivity (Wildman–Crippen MR) is 141 cm³/mol. The molecule has 7 nitrogen and oxygen atoms in total. The average Bonchev–Trinajstić information content (AvgIpc) is 2.73. The van der Waals surface area contributed by atoms with Crippen LogP contribution in [0.15, 0.2) is 18.2 Å². The van der Waals surface area contributed by atoms with Gasteiger partial charge in [0.2, 0.25) is 11.8 Å². The van der Waals surface area contributed by atoms with Crippen molar-refractivity contribution in [2.24, 2.45) is 0 Å². The summed E-state index contributed by atoms with van der Waals surface area (Å²) in [5, 5.41) is 5.57. The Balaban J connectivity index is 3.23. The van der Waals surface area contributed by atoms with Gasteiger partial charge in [0.25, 0.3) is 0 Å². The lowest BCUT2D eigenvalue weighted by Crippen LogP contribution is -2.49. The van der Waals surface area contributed by atoms with Crippen molar-refractivity contribution in [3.05, 3.63) is 34.9 Å². The molecule has 1 aromatic rings. The maximum absolute atomic E-state index is 13.5.